The highest BCUT2D eigenvalue weighted by Gasteiger charge is 2.20. The Bertz CT molecular complexity index is 195. The Balaban J connectivity index is 2.13. The fourth-order valence-electron chi connectivity index (χ4n) is 1.55. The maximum atomic E-state index is 11.6. The van der Waals surface area contributed by atoms with Crippen LogP contribution in [0, 0.1) is 5.92 Å². The molecule has 0 spiro atoms. The molecule has 0 aromatic heterocycles. The molecule has 1 N–H and O–H groups in total. The van der Waals surface area contributed by atoms with Gasteiger partial charge in [0.25, 0.3) is 0 Å². The Labute approximate surface area is 85.5 Å². The largest absolute Gasteiger partial charge is 0.381 e. The van der Waals surface area contributed by atoms with Crippen molar-refractivity contribution in [3.05, 3.63) is 12.2 Å². The molecule has 3 nitrogen and oxygen atoms in total. The topological polar surface area (TPSA) is 38.3 Å². The van der Waals surface area contributed by atoms with E-state index in [9.17, 15) is 4.79 Å². The number of amides is 1. The van der Waals surface area contributed by atoms with Crippen LogP contribution in [0.3, 0.4) is 0 Å². The number of nitrogens with one attached hydrogen (secondary N) is 1. The monoisotopic (exact) mass is 197 g/mol. The van der Waals surface area contributed by atoms with Crippen molar-refractivity contribution in [3.8, 4) is 0 Å². The Kier molecular flexibility index (Phi) is 5.30. The Morgan fingerprint density at radius 3 is 2.86 bits per heavy atom. The van der Waals surface area contributed by atoms with E-state index in [-0.39, 0.29) is 11.8 Å². The van der Waals surface area contributed by atoms with Crippen LogP contribution < -0.4 is 5.32 Å². The minimum absolute atomic E-state index is 0.175. The first-order chi connectivity index (χ1) is 6.84. The lowest BCUT2D eigenvalue weighted by Gasteiger charge is -2.20. The highest BCUT2D eigenvalue weighted by molar-refractivity contribution is 5.78. The first kappa shape index (κ1) is 11.2. The molecule has 0 aromatic rings. The first-order valence-corrected chi connectivity index (χ1v) is 5.31. The Hall–Kier alpha value is -0.830. The smallest absolute Gasteiger partial charge is 0.223 e. The van der Waals surface area contributed by atoms with Gasteiger partial charge in [0.2, 0.25) is 5.91 Å². The van der Waals surface area contributed by atoms with Crippen LogP contribution >= 0.6 is 0 Å². The van der Waals surface area contributed by atoms with Gasteiger partial charge in [0.15, 0.2) is 0 Å². The van der Waals surface area contributed by atoms with Crippen molar-refractivity contribution in [2.45, 2.75) is 26.2 Å². The number of rotatable bonds is 4. The van der Waals surface area contributed by atoms with Crippen molar-refractivity contribution in [2.75, 3.05) is 19.8 Å². The maximum absolute atomic E-state index is 11.6. The lowest BCUT2D eigenvalue weighted by Crippen LogP contribution is -2.34. The summed E-state index contributed by atoms with van der Waals surface area (Å²) < 4.78 is 5.20. The van der Waals surface area contributed by atoms with E-state index in [1.165, 1.54) is 0 Å². The highest BCUT2D eigenvalue weighted by atomic mass is 16.5. The van der Waals surface area contributed by atoms with Gasteiger partial charge in [0.1, 0.15) is 0 Å². The number of carbonyl (C=O) groups is 1. The zero-order valence-corrected chi connectivity index (χ0v) is 8.79. The van der Waals surface area contributed by atoms with E-state index in [2.05, 4.69) is 11.4 Å². The molecule has 3 heteroatoms. The summed E-state index contributed by atoms with van der Waals surface area (Å²) in [6.45, 7) is 4.20. The molecular formula is C11H19NO2. The average molecular weight is 197 g/mol. The van der Waals surface area contributed by atoms with Crippen LogP contribution in [0.1, 0.15) is 26.2 Å². The fraction of sp³-hybridized carbons (Fsp3) is 0.727. The number of hydrogen-bond acceptors (Lipinski definition) is 2. The summed E-state index contributed by atoms with van der Waals surface area (Å²) >= 11 is 0. The van der Waals surface area contributed by atoms with E-state index in [1.807, 2.05) is 13.0 Å². The van der Waals surface area contributed by atoms with Crippen LogP contribution in [0.2, 0.25) is 0 Å². The summed E-state index contributed by atoms with van der Waals surface area (Å²) in [6.07, 6.45) is 6.72. The lowest BCUT2D eigenvalue weighted by atomic mass is 9.99. The molecule has 1 rings (SSSR count). The van der Waals surface area contributed by atoms with Crippen molar-refractivity contribution in [2.24, 2.45) is 5.92 Å². The van der Waals surface area contributed by atoms with E-state index < -0.39 is 0 Å². The van der Waals surface area contributed by atoms with Crippen LogP contribution in [0.5, 0.6) is 0 Å². The maximum Gasteiger partial charge on any atom is 0.223 e. The van der Waals surface area contributed by atoms with Gasteiger partial charge in [0, 0.05) is 25.7 Å². The molecule has 1 heterocycles. The average Bonchev–Trinajstić information content (AvgIpc) is 2.25. The third-order valence-electron chi connectivity index (χ3n) is 2.44. The normalized spacial score (nSPS) is 18.6. The first-order valence-electron chi connectivity index (χ1n) is 5.31. The van der Waals surface area contributed by atoms with E-state index in [4.69, 9.17) is 4.74 Å². The SMILES string of the molecule is C/C=C/CCNC(=O)C1CCOCC1. The van der Waals surface area contributed by atoms with Crippen molar-refractivity contribution >= 4 is 5.91 Å². The molecule has 1 aliphatic heterocycles. The van der Waals surface area contributed by atoms with Gasteiger partial charge in [-0.2, -0.15) is 0 Å². The third kappa shape index (κ3) is 3.92. The molecule has 80 valence electrons. The molecule has 1 amide bonds. The van der Waals surface area contributed by atoms with Crippen LogP contribution in [-0.2, 0) is 9.53 Å². The molecule has 0 radical (unpaired) electrons. The summed E-state index contributed by atoms with van der Waals surface area (Å²) in [5.41, 5.74) is 0. The molecular weight excluding hydrogens is 178 g/mol. The van der Waals surface area contributed by atoms with Gasteiger partial charge in [-0.1, -0.05) is 12.2 Å². The minimum Gasteiger partial charge on any atom is -0.381 e. The highest BCUT2D eigenvalue weighted by Crippen LogP contribution is 2.14. The quantitative estimate of drug-likeness (QED) is 0.548. The summed E-state index contributed by atoms with van der Waals surface area (Å²) in [5, 5.41) is 2.94. The lowest BCUT2D eigenvalue weighted by molar-refractivity contribution is -0.127. The van der Waals surface area contributed by atoms with Crippen molar-refractivity contribution < 1.29 is 9.53 Å². The molecule has 0 bridgehead atoms. The van der Waals surface area contributed by atoms with Gasteiger partial charge in [-0.3, -0.25) is 4.79 Å². The van der Waals surface area contributed by atoms with Crippen LogP contribution in [-0.4, -0.2) is 25.7 Å². The summed E-state index contributed by atoms with van der Waals surface area (Å²) in [6, 6.07) is 0. The van der Waals surface area contributed by atoms with Crippen LogP contribution in [0.25, 0.3) is 0 Å². The summed E-state index contributed by atoms with van der Waals surface area (Å²) in [7, 11) is 0. The molecule has 0 saturated carbocycles. The molecule has 14 heavy (non-hydrogen) atoms. The van der Waals surface area contributed by atoms with Crippen molar-refractivity contribution in [1.82, 2.24) is 5.32 Å². The van der Waals surface area contributed by atoms with Gasteiger partial charge < -0.3 is 10.1 Å². The second-order valence-electron chi connectivity index (χ2n) is 3.54. The standard InChI is InChI=1S/C11H19NO2/c1-2-3-4-7-12-11(13)10-5-8-14-9-6-10/h2-3,10H,4-9H2,1H3,(H,12,13)/b3-2+. The van der Waals surface area contributed by atoms with Crippen LogP contribution in [0.15, 0.2) is 12.2 Å². The molecule has 0 aromatic carbocycles. The Morgan fingerprint density at radius 2 is 2.21 bits per heavy atom. The number of hydrogen-bond donors (Lipinski definition) is 1. The van der Waals surface area contributed by atoms with Gasteiger partial charge in [-0.05, 0) is 26.2 Å². The number of ether oxygens (including phenoxy) is 1. The minimum atomic E-state index is 0.175. The number of carbonyl (C=O) groups excluding carboxylic acids is 1. The van der Waals surface area contributed by atoms with E-state index in [1.54, 1.807) is 0 Å². The fourth-order valence-corrected chi connectivity index (χ4v) is 1.55. The predicted molar refractivity (Wildman–Crippen MR) is 56.0 cm³/mol. The summed E-state index contributed by atoms with van der Waals surface area (Å²) in [4.78, 5) is 11.6. The zero-order valence-electron chi connectivity index (χ0n) is 8.79. The second kappa shape index (κ2) is 6.60. The summed E-state index contributed by atoms with van der Waals surface area (Å²) in [5.74, 6) is 0.368. The number of allylic oxidation sites excluding steroid dienone is 1. The van der Waals surface area contributed by atoms with Gasteiger partial charge in [0.05, 0.1) is 0 Å². The molecule has 1 fully saturated rings. The van der Waals surface area contributed by atoms with Gasteiger partial charge in [-0.25, -0.2) is 0 Å². The van der Waals surface area contributed by atoms with Gasteiger partial charge in [-0.15, -0.1) is 0 Å². The van der Waals surface area contributed by atoms with Crippen molar-refractivity contribution in [1.29, 1.82) is 0 Å². The third-order valence-corrected chi connectivity index (χ3v) is 2.44. The molecule has 1 saturated heterocycles. The molecule has 0 unspecified atom stereocenters. The van der Waals surface area contributed by atoms with Crippen molar-refractivity contribution in [3.63, 3.8) is 0 Å². The van der Waals surface area contributed by atoms with E-state index >= 15 is 0 Å². The van der Waals surface area contributed by atoms with Gasteiger partial charge >= 0.3 is 0 Å². The van der Waals surface area contributed by atoms with E-state index in [0.29, 0.717) is 0 Å². The predicted octanol–water partition coefficient (Wildman–Crippen LogP) is 1.50. The molecule has 0 atom stereocenters. The van der Waals surface area contributed by atoms with Crippen LogP contribution in [0.4, 0.5) is 0 Å². The van der Waals surface area contributed by atoms with E-state index in [0.717, 1.165) is 39.0 Å². The Morgan fingerprint density at radius 1 is 1.50 bits per heavy atom. The molecule has 0 aliphatic carbocycles. The zero-order chi connectivity index (χ0) is 10.2. The molecule has 1 aliphatic rings. The second-order valence-corrected chi connectivity index (χ2v) is 3.54.